The highest BCUT2D eigenvalue weighted by molar-refractivity contribution is 5.94. The van der Waals surface area contributed by atoms with Crippen LogP contribution in [0, 0.1) is 16.0 Å². The first-order valence-corrected chi connectivity index (χ1v) is 7.33. The van der Waals surface area contributed by atoms with Crippen LogP contribution in [0.2, 0.25) is 0 Å². The fraction of sp³-hybridized carbons (Fsp3) is 0.294. The summed E-state index contributed by atoms with van der Waals surface area (Å²) in [4.78, 5) is 35.0. The van der Waals surface area contributed by atoms with Crippen LogP contribution in [0.15, 0.2) is 47.2 Å². The molecule has 1 N–H and O–H groups in total. The van der Waals surface area contributed by atoms with Crippen LogP contribution in [0.4, 0.5) is 5.69 Å². The van der Waals surface area contributed by atoms with Crippen molar-refractivity contribution in [1.82, 2.24) is 0 Å². The Kier molecular flexibility index (Phi) is 5.21. The molecule has 0 radical (unpaired) electrons. The van der Waals surface area contributed by atoms with Gasteiger partial charge in [0.25, 0.3) is 5.69 Å². The van der Waals surface area contributed by atoms with E-state index in [0.717, 1.165) is 7.11 Å². The molecule has 1 aromatic carbocycles. The molecule has 0 saturated carbocycles. The molecule has 0 aliphatic heterocycles. The summed E-state index contributed by atoms with van der Waals surface area (Å²) in [5.41, 5.74) is 0.443. The van der Waals surface area contributed by atoms with Gasteiger partial charge in [-0.25, -0.2) is 4.79 Å². The number of esters is 2. The van der Waals surface area contributed by atoms with Gasteiger partial charge in [-0.15, -0.1) is 0 Å². The van der Waals surface area contributed by atoms with Gasteiger partial charge in [0, 0.05) is 18.1 Å². The molecule has 1 aliphatic carbocycles. The van der Waals surface area contributed by atoms with Gasteiger partial charge in [0.15, 0.2) is 0 Å². The summed E-state index contributed by atoms with van der Waals surface area (Å²) >= 11 is 0. The Hall–Kier alpha value is -3.16. The van der Waals surface area contributed by atoms with Crippen LogP contribution < -0.4 is 0 Å². The molecule has 0 aromatic heterocycles. The number of allylic oxidation sites excluding steroid dienone is 1. The van der Waals surface area contributed by atoms with Gasteiger partial charge in [0.2, 0.25) is 0 Å². The van der Waals surface area contributed by atoms with Crippen molar-refractivity contribution in [2.75, 3.05) is 14.2 Å². The highest BCUT2D eigenvalue weighted by Crippen LogP contribution is 2.43. The molecule has 1 aromatic rings. The summed E-state index contributed by atoms with van der Waals surface area (Å²) in [6.07, 6.45) is 1.29. The third kappa shape index (κ3) is 3.37. The summed E-state index contributed by atoms with van der Waals surface area (Å²) in [5.74, 6) is -3.69. The Morgan fingerprint density at radius 1 is 1.24 bits per heavy atom. The number of rotatable bonds is 4. The second-order valence-electron chi connectivity index (χ2n) is 5.51. The number of nitro benzene ring substituents is 1. The summed E-state index contributed by atoms with van der Waals surface area (Å²) in [6.45, 7) is 1.61. The maximum atomic E-state index is 12.3. The van der Waals surface area contributed by atoms with Gasteiger partial charge < -0.3 is 14.6 Å². The standard InChI is InChI=1S/C17H17NO7/c1-9-7-12(19)15(17(21)25-3)14(13(9)16(20)24-2)10-5-4-6-11(8-10)18(22)23/h4-8,13-14,19H,1-3H3/t13-,14+/m1/s1. The predicted octanol–water partition coefficient (Wildman–Crippen LogP) is 2.41. The van der Waals surface area contributed by atoms with Gasteiger partial charge in [0.1, 0.15) is 5.76 Å². The quantitative estimate of drug-likeness (QED) is 0.505. The van der Waals surface area contributed by atoms with Crippen molar-refractivity contribution < 1.29 is 29.1 Å². The molecule has 0 heterocycles. The number of non-ortho nitro benzene ring substituents is 1. The number of benzene rings is 1. The molecular weight excluding hydrogens is 330 g/mol. The molecular formula is C17H17NO7. The molecule has 8 heteroatoms. The average Bonchev–Trinajstić information content (AvgIpc) is 2.59. The number of aliphatic hydroxyl groups is 1. The summed E-state index contributed by atoms with van der Waals surface area (Å²) < 4.78 is 9.53. The Morgan fingerprint density at radius 2 is 1.92 bits per heavy atom. The van der Waals surface area contributed by atoms with E-state index in [9.17, 15) is 24.8 Å². The first kappa shape index (κ1) is 18.2. The summed E-state index contributed by atoms with van der Waals surface area (Å²) in [6, 6.07) is 5.54. The van der Waals surface area contributed by atoms with Crippen molar-refractivity contribution in [1.29, 1.82) is 0 Å². The Bertz CT molecular complexity index is 794. The zero-order valence-corrected chi connectivity index (χ0v) is 13.9. The van der Waals surface area contributed by atoms with Crippen LogP contribution in [0.25, 0.3) is 0 Å². The van der Waals surface area contributed by atoms with Crippen molar-refractivity contribution in [3.63, 3.8) is 0 Å². The minimum atomic E-state index is -0.968. The molecule has 0 unspecified atom stereocenters. The highest BCUT2D eigenvalue weighted by Gasteiger charge is 2.42. The zero-order chi connectivity index (χ0) is 18.7. The maximum absolute atomic E-state index is 12.3. The maximum Gasteiger partial charge on any atom is 0.338 e. The van der Waals surface area contributed by atoms with Gasteiger partial charge in [0.05, 0.1) is 30.6 Å². The summed E-state index contributed by atoms with van der Waals surface area (Å²) in [7, 11) is 2.35. The van der Waals surface area contributed by atoms with Crippen LogP contribution in [-0.2, 0) is 19.1 Å². The fourth-order valence-electron chi connectivity index (χ4n) is 2.95. The van der Waals surface area contributed by atoms with E-state index in [4.69, 9.17) is 9.47 Å². The third-order valence-electron chi connectivity index (χ3n) is 4.08. The minimum absolute atomic E-state index is 0.149. The zero-order valence-electron chi connectivity index (χ0n) is 13.9. The Labute approximate surface area is 143 Å². The molecule has 25 heavy (non-hydrogen) atoms. The van der Waals surface area contributed by atoms with Crippen molar-refractivity contribution in [2.45, 2.75) is 12.8 Å². The summed E-state index contributed by atoms with van der Waals surface area (Å²) in [5, 5.41) is 21.3. The molecule has 2 atom stereocenters. The molecule has 132 valence electrons. The van der Waals surface area contributed by atoms with E-state index in [1.807, 2.05) is 0 Å². The van der Waals surface area contributed by atoms with Crippen LogP contribution in [0.3, 0.4) is 0 Å². The average molecular weight is 347 g/mol. The molecule has 0 bridgehead atoms. The monoisotopic (exact) mass is 347 g/mol. The topological polar surface area (TPSA) is 116 Å². The largest absolute Gasteiger partial charge is 0.507 e. The first-order chi connectivity index (χ1) is 11.8. The lowest BCUT2D eigenvalue weighted by Crippen LogP contribution is -2.32. The molecule has 8 nitrogen and oxygen atoms in total. The van der Waals surface area contributed by atoms with E-state index in [0.29, 0.717) is 11.1 Å². The smallest absolute Gasteiger partial charge is 0.338 e. The van der Waals surface area contributed by atoms with E-state index >= 15 is 0 Å². The minimum Gasteiger partial charge on any atom is -0.507 e. The van der Waals surface area contributed by atoms with Gasteiger partial charge in [-0.2, -0.15) is 0 Å². The number of hydrogen-bond acceptors (Lipinski definition) is 7. The van der Waals surface area contributed by atoms with Gasteiger partial charge >= 0.3 is 11.9 Å². The van der Waals surface area contributed by atoms with Crippen LogP contribution in [0.1, 0.15) is 18.4 Å². The number of ether oxygens (including phenoxy) is 2. The number of hydrogen-bond donors (Lipinski definition) is 1. The number of aliphatic hydroxyl groups excluding tert-OH is 1. The van der Waals surface area contributed by atoms with Crippen LogP contribution >= 0.6 is 0 Å². The predicted molar refractivity (Wildman–Crippen MR) is 86.8 cm³/mol. The molecule has 0 fully saturated rings. The number of carbonyl (C=O) groups is 2. The Morgan fingerprint density at radius 3 is 2.48 bits per heavy atom. The van der Waals surface area contributed by atoms with E-state index < -0.39 is 28.7 Å². The lowest BCUT2D eigenvalue weighted by Gasteiger charge is -2.30. The lowest BCUT2D eigenvalue weighted by molar-refractivity contribution is -0.384. The normalized spacial score (nSPS) is 19.9. The third-order valence-corrected chi connectivity index (χ3v) is 4.08. The van der Waals surface area contributed by atoms with Crippen LogP contribution in [-0.4, -0.2) is 36.2 Å². The van der Waals surface area contributed by atoms with Gasteiger partial charge in [-0.05, 0) is 18.6 Å². The molecule has 0 spiro atoms. The van der Waals surface area contributed by atoms with Crippen LogP contribution in [0.5, 0.6) is 0 Å². The first-order valence-electron chi connectivity index (χ1n) is 7.33. The molecule has 0 amide bonds. The van der Waals surface area contributed by atoms with E-state index in [2.05, 4.69) is 0 Å². The van der Waals surface area contributed by atoms with Crippen molar-refractivity contribution >= 4 is 17.6 Å². The van der Waals surface area contributed by atoms with E-state index in [1.54, 1.807) is 13.0 Å². The number of methoxy groups -OCH3 is 2. The number of nitrogens with zero attached hydrogens (tertiary/aromatic N) is 1. The van der Waals surface area contributed by atoms with Gasteiger partial charge in [-0.1, -0.05) is 17.7 Å². The second kappa shape index (κ2) is 7.16. The van der Waals surface area contributed by atoms with E-state index in [-0.39, 0.29) is 17.0 Å². The van der Waals surface area contributed by atoms with Gasteiger partial charge in [-0.3, -0.25) is 14.9 Å². The number of nitro groups is 1. The van der Waals surface area contributed by atoms with E-state index in [1.165, 1.54) is 31.4 Å². The second-order valence-corrected chi connectivity index (χ2v) is 5.51. The van der Waals surface area contributed by atoms with Crippen molar-refractivity contribution in [3.05, 3.63) is 62.9 Å². The Balaban J connectivity index is 2.70. The number of carbonyl (C=O) groups excluding carboxylic acids is 2. The van der Waals surface area contributed by atoms with Crippen molar-refractivity contribution in [2.24, 2.45) is 5.92 Å². The van der Waals surface area contributed by atoms with Crippen molar-refractivity contribution in [3.8, 4) is 0 Å². The lowest BCUT2D eigenvalue weighted by atomic mass is 9.73. The molecule has 2 rings (SSSR count). The fourth-order valence-corrected chi connectivity index (χ4v) is 2.95. The SMILES string of the molecule is COC(=O)C1=C(O)C=C(C)[C@@H](C(=O)OC)[C@@H]1c1cccc([N+](=O)[O-])c1. The molecule has 0 saturated heterocycles. The molecule has 1 aliphatic rings. The highest BCUT2D eigenvalue weighted by atomic mass is 16.6.